The zero-order chi connectivity index (χ0) is 21.4. The number of amides is 2. The van der Waals surface area contributed by atoms with E-state index in [4.69, 9.17) is 4.74 Å². The highest BCUT2D eigenvalue weighted by atomic mass is 32.2. The minimum Gasteiger partial charge on any atom is -0.497 e. The molecule has 0 atom stereocenters. The van der Waals surface area contributed by atoms with E-state index < -0.39 is 15.9 Å². The molecule has 0 unspecified atom stereocenters. The molecule has 0 saturated heterocycles. The average molecular weight is 420 g/mol. The molecule has 2 rings (SSSR count). The van der Waals surface area contributed by atoms with E-state index in [1.54, 1.807) is 45.2 Å². The number of carbonyl (C=O) groups excluding carboxylic acids is 2. The van der Waals surface area contributed by atoms with Crippen molar-refractivity contribution >= 4 is 27.5 Å². The average Bonchev–Trinajstić information content (AvgIpc) is 2.73. The van der Waals surface area contributed by atoms with E-state index in [1.807, 2.05) is 0 Å². The second kappa shape index (κ2) is 10.0. The molecule has 0 spiro atoms. The number of ether oxygens (including phenoxy) is 1. The van der Waals surface area contributed by atoms with Gasteiger partial charge in [0.05, 0.1) is 18.6 Å². The van der Waals surface area contributed by atoms with Gasteiger partial charge in [0, 0.05) is 24.3 Å². The lowest BCUT2D eigenvalue weighted by Gasteiger charge is -2.18. The molecule has 0 heterocycles. The van der Waals surface area contributed by atoms with Crippen molar-refractivity contribution in [2.75, 3.05) is 32.1 Å². The van der Waals surface area contributed by atoms with Gasteiger partial charge in [0.2, 0.25) is 15.9 Å². The molecule has 0 aromatic heterocycles. The van der Waals surface area contributed by atoms with Gasteiger partial charge in [-0.3, -0.25) is 9.59 Å². The Labute approximate surface area is 170 Å². The number of anilines is 1. The van der Waals surface area contributed by atoms with Crippen molar-refractivity contribution in [3.8, 4) is 5.75 Å². The fourth-order valence-electron chi connectivity index (χ4n) is 2.63. The number of nitrogens with zero attached hydrogens (tertiary/aromatic N) is 1. The fraction of sp³-hybridized carbons (Fsp3) is 0.300. The number of benzene rings is 2. The van der Waals surface area contributed by atoms with E-state index in [-0.39, 0.29) is 22.9 Å². The van der Waals surface area contributed by atoms with Crippen molar-refractivity contribution in [3.63, 3.8) is 0 Å². The summed E-state index contributed by atoms with van der Waals surface area (Å²) in [5.74, 6) is -0.186. The molecular weight excluding hydrogens is 394 g/mol. The highest BCUT2D eigenvalue weighted by Gasteiger charge is 2.21. The van der Waals surface area contributed by atoms with E-state index >= 15 is 0 Å². The summed E-state index contributed by atoms with van der Waals surface area (Å²) in [5.41, 5.74) is 0.844. The first-order chi connectivity index (χ1) is 13.8. The number of nitrogens with one attached hydrogen (secondary N) is 2. The molecule has 0 aliphatic carbocycles. The van der Waals surface area contributed by atoms with Gasteiger partial charge in [0.15, 0.2) is 0 Å². The molecule has 0 fully saturated rings. The van der Waals surface area contributed by atoms with E-state index in [0.717, 1.165) is 0 Å². The summed E-state index contributed by atoms with van der Waals surface area (Å²) in [6, 6.07) is 12.4. The van der Waals surface area contributed by atoms with E-state index in [0.29, 0.717) is 24.5 Å². The van der Waals surface area contributed by atoms with Crippen LogP contribution in [0.25, 0.3) is 0 Å². The summed E-state index contributed by atoms with van der Waals surface area (Å²) in [4.78, 5) is 24.3. The Morgan fingerprint density at radius 3 is 2.07 bits per heavy atom. The highest BCUT2D eigenvalue weighted by Crippen LogP contribution is 2.16. The molecule has 2 amide bonds. The lowest BCUT2D eigenvalue weighted by molar-refractivity contribution is -0.115. The largest absolute Gasteiger partial charge is 0.497 e. The molecule has 0 saturated carbocycles. The molecule has 156 valence electrons. The molecule has 8 nitrogen and oxygen atoms in total. The van der Waals surface area contributed by atoms with Gasteiger partial charge in [0.1, 0.15) is 5.75 Å². The molecule has 9 heteroatoms. The maximum atomic E-state index is 12.5. The molecule has 0 aliphatic rings. The monoisotopic (exact) mass is 419 g/mol. The lowest BCUT2D eigenvalue weighted by atomic mass is 10.2. The van der Waals surface area contributed by atoms with Gasteiger partial charge < -0.3 is 15.4 Å². The molecule has 0 aliphatic heterocycles. The van der Waals surface area contributed by atoms with Crippen LogP contribution in [0.15, 0.2) is 53.4 Å². The number of sulfonamides is 1. The summed E-state index contributed by atoms with van der Waals surface area (Å²) < 4.78 is 31.3. The zero-order valence-electron chi connectivity index (χ0n) is 16.6. The molecule has 0 radical (unpaired) electrons. The van der Waals surface area contributed by atoms with Gasteiger partial charge in [-0.15, -0.1) is 0 Å². The SMILES string of the molecule is CCN(CC)S(=O)(=O)c1ccc(C(=O)NCC(=O)Nc2ccc(OC)cc2)cc1. The molecule has 29 heavy (non-hydrogen) atoms. The maximum absolute atomic E-state index is 12.5. The van der Waals surface area contributed by atoms with Crippen LogP contribution in [-0.2, 0) is 14.8 Å². The Morgan fingerprint density at radius 2 is 1.55 bits per heavy atom. The van der Waals surface area contributed by atoms with Gasteiger partial charge in [0.25, 0.3) is 5.91 Å². The Morgan fingerprint density at radius 1 is 0.966 bits per heavy atom. The highest BCUT2D eigenvalue weighted by molar-refractivity contribution is 7.89. The summed E-state index contributed by atoms with van der Waals surface area (Å²) >= 11 is 0. The topological polar surface area (TPSA) is 105 Å². The van der Waals surface area contributed by atoms with Crippen LogP contribution < -0.4 is 15.4 Å². The number of carbonyl (C=O) groups is 2. The van der Waals surface area contributed by atoms with E-state index in [1.165, 1.54) is 28.6 Å². The number of hydrogen-bond donors (Lipinski definition) is 2. The third-order valence-electron chi connectivity index (χ3n) is 4.24. The minimum absolute atomic E-state index is 0.120. The Hall–Kier alpha value is -2.91. The van der Waals surface area contributed by atoms with Crippen molar-refractivity contribution in [2.45, 2.75) is 18.7 Å². The third kappa shape index (κ3) is 5.78. The third-order valence-corrected chi connectivity index (χ3v) is 6.31. The number of methoxy groups -OCH3 is 1. The van der Waals surface area contributed by atoms with Crippen LogP contribution in [0, 0.1) is 0 Å². The predicted molar refractivity (Wildman–Crippen MR) is 111 cm³/mol. The second-order valence-corrected chi connectivity index (χ2v) is 8.01. The van der Waals surface area contributed by atoms with Crippen LogP contribution in [-0.4, -0.2) is 51.3 Å². The van der Waals surface area contributed by atoms with Crippen LogP contribution in [0.2, 0.25) is 0 Å². The zero-order valence-corrected chi connectivity index (χ0v) is 17.5. The number of rotatable bonds is 9. The Balaban J connectivity index is 1.94. The van der Waals surface area contributed by atoms with Crippen LogP contribution in [0.4, 0.5) is 5.69 Å². The first kappa shape index (κ1) is 22.4. The quantitative estimate of drug-likeness (QED) is 0.648. The molecule has 2 aromatic carbocycles. The lowest BCUT2D eigenvalue weighted by Crippen LogP contribution is -2.33. The normalized spacial score (nSPS) is 11.2. The minimum atomic E-state index is -3.58. The number of hydrogen-bond acceptors (Lipinski definition) is 5. The standard InChI is InChI=1S/C20H25N3O5S/c1-4-23(5-2)29(26,27)18-12-6-15(7-13-18)20(25)21-14-19(24)22-16-8-10-17(28-3)11-9-16/h6-13H,4-5,14H2,1-3H3,(H,21,25)(H,22,24). The van der Waals surface area contributed by atoms with Gasteiger partial charge in [-0.05, 0) is 48.5 Å². The second-order valence-electron chi connectivity index (χ2n) is 6.07. The van der Waals surface area contributed by atoms with Crippen LogP contribution in [0.1, 0.15) is 24.2 Å². The van der Waals surface area contributed by atoms with Gasteiger partial charge in [-0.25, -0.2) is 8.42 Å². The van der Waals surface area contributed by atoms with Gasteiger partial charge in [-0.2, -0.15) is 4.31 Å². The first-order valence-corrected chi connectivity index (χ1v) is 10.6. The summed E-state index contributed by atoms with van der Waals surface area (Å²) in [5, 5.41) is 5.17. The van der Waals surface area contributed by atoms with Crippen LogP contribution in [0.5, 0.6) is 5.75 Å². The van der Waals surface area contributed by atoms with Crippen molar-refractivity contribution in [1.29, 1.82) is 0 Å². The predicted octanol–water partition coefficient (Wildman–Crippen LogP) is 2.09. The van der Waals surface area contributed by atoms with Gasteiger partial charge in [-0.1, -0.05) is 13.8 Å². The summed E-state index contributed by atoms with van der Waals surface area (Å²) in [7, 11) is -2.03. The summed E-state index contributed by atoms with van der Waals surface area (Å²) in [6.07, 6.45) is 0. The van der Waals surface area contributed by atoms with E-state index in [2.05, 4.69) is 10.6 Å². The van der Waals surface area contributed by atoms with Crippen LogP contribution >= 0.6 is 0 Å². The Kier molecular flexibility index (Phi) is 7.74. The van der Waals surface area contributed by atoms with Crippen molar-refractivity contribution < 1.29 is 22.7 Å². The summed E-state index contributed by atoms with van der Waals surface area (Å²) in [6.45, 7) is 4.04. The molecule has 2 N–H and O–H groups in total. The first-order valence-electron chi connectivity index (χ1n) is 9.14. The fourth-order valence-corrected chi connectivity index (χ4v) is 4.09. The Bertz CT molecular complexity index is 937. The van der Waals surface area contributed by atoms with Crippen molar-refractivity contribution in [3.05, 3.63) is 54.1 Å². The molecule has 0 bridgehead atoms. The van der Waals surface area contributed by atoms with Crippen LogP contribution in [0.3, 0.4) is 0 Å². The molecule has 2 aromatic rings. The van der Waals surface area contributed by atoms with Crippen molar-refractivity contribution in [2.24, 2.45) is 0 Å². The maximum Gasteiger partial charge on any atom is 0.251 e. The van der Waals surface area contributed by atoms with Crippen molar-refractivity contribution in [1.82, 2.24) is 9.62 Å². The van der Waals surface area contributed by atoms with E-state index in [9.17, 15) is 18.0 Å². The van der Waals surface area contributed by atoms with Gasteiger partial charge >= 0.3 is 0 Å². The molecular formula is C20H25N3O5S. The smallest absolute Gasteiger partial charge is 0.251 e.